The molecule has 1 aromatic carbocycles. The van der Waals surface area contributed by atoms with Crippen LogP contribution in [0.2, 0.25) is 0 Å². The second kappa shape index (κ2) is 6.67. The van der Waals surface area contributed by atoms with Crippen LogP contribution in [0.4, 0.5) is 0 Å². The number of rotatable bonds is 5. The molecule has 1 aromatic rings. The van der Waals surface area contributed by atoms with Crippen LogP contribution in [0, 0.1) is 18.3 Å². The third-order valence-electron chi connectivity index (χ3n) is 3.15. The van der Waals surface area contributed by atoms with E-state index in [1.54, 1.807) is 0 Å². The van der Waals surface area contributed by atoms with Crippen LogP contribution in [0.15, 0.2) is 22.7 Å². The molecule has 0 aliphatic heterocycles. The monoisotopic (exact) mass is 382 g/mol. The molecule has 0 fully saturated rings. The molecular formula is C14H20BrClO3S. The van der Waals surface area contributed by atoms with Crippen LogP contribution < -0.4 is 4.74 Å². The summed E-state index contributed by atoms with van der Waals surface area (Å²) in [6.07, 6.45) is 0. The molecule has 1 unspecified atom stereocenters. The first-order valence-electron chi connectivity index (χ1n) is 6.30. The highest BCUT2D eigenvalue weighted by molar-refractivity contribution is 9.10. The highest BCUT2D eigenvalue weighted by Gasteiger charge is 2.29. The molecular weight excluding hydrogens is 364 g/mol. The summed E-state index contributed by atoms with van der Waals surface area (Å²) in [5.74, 6) is 0.427. The third kappa shape index (κ3) is 6.02. The highest BCUT2D eigenvalue weighted by atomic mass is 79.9. The number of hydrogen-bond donors (Lipinski definition) is 0. The van der Waals surface area contributed by atoms with Crippen molar-refractivity contribution in [3.05, 3.63) is 28.2 Å². The minimum Gasteiger partial charge on any atom is -0.492 e. The normalized spacial score (nSPS) is 14.1. The van der Waals surface area contributed by atoms with Gasteiger partial charge < -0.3 is 4.74 Å². The zero-order chi connectivity index (χ0) is 15.6. The molecule has 20 heavy (non-hydrogen) atoms. The topological polar surface area (TPSA) is 43.4 Å². The van der Waals surface area contributed by atoms with Crippen molar-refractivity contribution < 1.29 is 13.2 Å². The number of benzene rings is 1. The standard InChI is InChI=1S/C14H20BrClO3S/c1-10-5-6-13(12(15)7-10)19-8-11(14(2,3)4)9-20(16,17)18/h5-7,11H,8-9H2,1-4H3. The molecule has 0 saturated heterocycles. The molecule has 1 atom stereocenters. The Hall–Kier alpha value is -0.260. The molecule has 0 N–H and O–H groups in total. The van der Waals surface area contributed by atoms with Crippen molar-refractivity contribution in [2.24, 2.45) is 11.3 Å². The predicted molar refractivity (Wildman–Crippen MR) is 87.0 cm³/mol. The lowest BCUT2D eigenvalue weighted by Crippen LogP contribution is -2.31. The first-order chi connectivity index (χ1) is 8.99. The maximum atomic E-state index is 11.3. The van der Waals surface area contributed by atoms with Crippen molar-refractivity contribution in [2.75, 3.05) is 12.4 Å². The number of halogens is 2. The van der Waals surface area contributed by atoms with Crippen molar-refractivity contribution in [3.63, 3.8) is 0 Å². The van der Waals surface area contributed by atoms with Crippen molar-refractivity contribution in [2.45, 2.75) is 27.7 Å². The van der Waals surface area contributed by atoms with Gasteiger partial charge in [-0.25, -0.2) is 8.42 Å². The van der Waals surface area contributed by atoms with E-state index in [0.29, 0.717) is 12.4 Å². The highest BCUT2D eigenvalue weighted by Crippen LogP contribution is 2.31. The minimum absolute atomic E-state index is 0.0957. The van der Waals surface area contributed by atoms with Gasteiger partial charge in [0.2, 0.25) is 9.05 Å². The average Bonchev–Trinajstić information content (AvgIpc) is 2.23. The Morgan fingerprint density at radius 3 is 2.40 bits per heavy atom. The molecule has 0 aromatic heterocycles. The Labute approximate surface area is 134 Å². The Kier molecular flexibility index (Phi) is 5.93. The van der Waals surface area contributed by atoms with Crippen molar-refractivity contribution in [1.82, 2.24) is 0 Å². The van der Waals surface area contributed by atoms with Crippen LogP contribution in [0.5, 0.6) is 5.75 Å². The first kappa shape index (κ1) is 17.8. The van der Waals surface area contributed by atoms with E-state index in [1.807, 2.05) is 45.9 Å². The summed E-state index contributed by atoms with van der Waals surface area (Å²) < 4.78 is 29.2. The van der Waals surface area contributed by atoms with E-state index in [-0.39, 0.29) is 17.1 Å². The molecule has 0 amide bonds. The number of aryl methyl sites for hydroxylation is 1. The van der Waals surface area contributed by atoms with Gasteiger partial charge in [-0.3, -0.25) is 0 Å². The van der Waals surface area contributed by atoms with E-state index < -0.39 is 9.05 Å². The molecule has 0 spiro atoms. The molecule has 3 nitrogen and oxygen atoms in total. The van der Waals surface area contributed by atoms with Gasteiger partial charge in [0.05, 0.1) is 16.8 Å². The van der Waals surface area contributed by atoms with Crippen molar-refractivity contribution in [1.29, 1.82) is 0 Å². The van der Waals surface area contributed by atoms with E-state index in [0.717, 1.165) is 10.0 Å². The van der Waals surface area contributed by atoms with Crippen molar-refractivity contribution in [3.8, 4) is 5.75 Å². The van der Waals surface area contributed by atoms with Gasteiger partial charge in [0, 0.05) is 16.6 Å². The lowest BCUT2D eigenvalue weighted by molar-refractivity contribution is 0.163. The quantitative estimate of drug-likeness (QED) is 0.709. The second-order valence-corrected chi connectivity index (χ2v) is 9.69. The second-order valence-electron chi connectivity index (χ2n) is 6.01. The van der Waals surface area contributed by atoms with Crippen LogP contribution in [0.1, 0.15) is 26.3 Å². The van der Waals surface area contributed by atoms with E-state index in [9.17, 15) is 8.42 Å². The Balaban J connectivity index is 2.81. The number of ether oxygens (including phenoxy) is 1. The maximum absolute atomic E-state index is 11.3. The van der Waals surface area contributed by atoms with Gasteiger partial charge in [0.1, 0.15) is 5.75 Å². The lowest BCUT2D eigenvalue weighted by atomic mass is 9.82. The molecule has 6 heteroatoms. The third-order valence-corrected chi connectivity index (χ3v) is 4.95. The minimum atomic E-state index is -3.55. The molecule has 0 bridgehead atoms. The van der Waals surface area contributed by atoms with Crippen LogP contribution in [0.25, 0.3) is 0 Å². The summed E-state index contributed by atoms with van der Waals surface area (Å²) in [7, 11) is 1.83. The summed E-state index contributed by atoms with van der Waals surface area (Å²) in [5, 5.41) is 0. The number of hydrogen-bond acceptors (Lipinski definition) is 3. The lowest BCUT2D eigenvalue weighted by Gasteiger charge is -2.29. The molecule has 114 valence electrons. The van der Waals surface area contributed by atoms with Gasteiger partial charge in [-0.1, -0.05) is 26.8 Å². The predicted octanol–water partition coefficient (Wildman–Crippen LogP) is 4.37. The fourth-order valence-electron chi connectivity index (χ4n) is 1.70. The Morgan fingerprint density at radius 1 is 1.35 bits per heavy atom. The van der Waals surface area contributed by atoms with Gasteiger partial charge in [-0.15, -0.1) is 0 Å². The summed E-state index contributed by atoms with van der Waals surface area (Å²) >= 11 is 3.44. The van der Waals surface area contributed by atoms with Gasteiger partial charge >= 0.3 is 0 Å². The van der Waals surface area contributed by atoms with Crippen LogP contribution in [-0.4, -0.2) is 20.8 Å². The van der Waals surface area contributed by atoms with Gasteiger partial charge in [0.25, 0.3) is 0 Å². The Bertz CT molecular complexity index is 564. The zero-order valence-electron chi connectivity index (χ0n) is 12.1. The fraction of sp³-hybridized carbons (Fsp3) is 0.571. The maximum Gasteiger partial charge on any atom is 0.233 e. The first-order valence-corrected chi connectivity index (χ1v) is 9.57. The fourth-order valence-corrected chi connectivity index (χ4v) is 3.84. The van der Waals surface area contributed by atoms with Gasteiger partial charge in [0.15, 0.2) is 0 Å². The zero-order valence-corrected chi connectivity index (χ0v) is 15.3. The summed E-state index contributed by atoms with van der Waals surface area (Å²) in [5.41, 5.74) is 0.916. The summed E-state index contributed by atoms with van der Waals surface area (Å²) in [6, 6.07) is 5.78. The molecule has 1 rings (SSSR count). The largest absolute Gasteiger partial charge is 0.492 e. The molecule has 0 heterocycles. The van der Waals surface area contributed by atoms with E-state index >= 15 is 0 Å². The van der Waals surface area contributed by atoms with Crippen molar-refractivity contribution >= 4 is 35.7 Å². The van der Waals surface area contributed by atoms with E-state index in [4.69, 9.17) is 15.4 Å². The Morgan fingerprint density at radius 2 is 1.95 bits per heavy atom. The van der Waals surface area contributed by atoms with E-state index in [2.05, 4.69) is 15.9 Å². The summed E-state index contributed by atoms with van der Waals surface area (Å²) in [6.45, 7) is 8.23. The smallest absolute Gasteiger partial charge is 0.233 e. The van der Waals surface area contributed by atoms with Gasteiger partial charge in [-0.05, 0) is 46.0 Å². The van der Waals surface area contributed by atoms with Crippen LogP contribution in [-0.2, 0) is 9.05 Å². The average molecular weight is 384 g/mol. The molecule has 0 saturated carbocycles. The SMILES string of the molecule is Cc1ccc(OCC(CS(=O)(=O)Cl)C(C)(C)C)c(Br)c1. The molecule has 0 aliphatic carbocycles. The molecule has 0 aliphatic rings. The van der Waals surface area contributed by atoms with E-state index in [1.165, 1.54) is 0 Å². The summed E-state index contributed by atoms with van der Waals surface area (Å²) in [4.78, 5) is 0. The van der Waals surface area contributed by atoms with Crippen LogP contribution >= 0.6 is 26.6 Å². The molecule has 0 radical (unpaired) electrons. The van der Waals surface area contributed by atoms with Crippen LogP contribution in [0.3, 0.4) is 0 Å². The van der Waals surface area contributed by atoms with Gasteiger partial charge in [-0.2, -0.15) is 0 Å².